The average molecular weight is 594 g/mol. The second kappa shape index (κ2) is 9.81. The van der Waals surface area contributed by atoms with Crippen LogP contribution in [0.4, 0.5) is 0 Å². The summed E-state index contributed by atoms with van der Waals surface area (Å²) in [5, 5.41) is 0. The number of carbonyl (C=O) groups excluding carboxylic acids is 3. The first-order valence-corrected chi connectivity index (χ1v) is 10.0. The third kappa shape index (κ3) is 9.16. The Morgan fingerprint density at radius 2 is 0.929 bits per heavy atom. The fraction of sp³-hybridized carbons (Fsp3) is 0.250. The molecule has 1 aromatic carbocycles. The maximum atomic E-state index is 12.2. The van der Waals surface area contributed by atoms with E-state index in [2.05, 4.69) is 26.8 Å². The van der Waals surface area contributed by atoms with Gasteiger partial charge in [-0.3, -0.25) is 0 Å². The van der Waals surface area contributed by atoms with E-state index in [0.717, 1.165) is 12.1 Å². The number of ether oxygens (including phenoxy) is 3. The predicted octanol–water partition coefficient (Wildman–Crippen LogP) is 6.43. The number of alkyl halides is 9. The van der Waals surface area contributed by atoms with Gasteiger partial charge in [0.25, 0.3) is 0 Å². The lowest BCUT2D eigenvalue weighted by atomic mass is 10.1. The second-order valence-corrected chi connectivity index (χ2v) is 11.4. The van der Waals surface area contributed by atoms with Crippen molar-refractivity contribution in [2.45, 2.75) is 16.8 Å². The van der Waals surface area contributed by atoms with Crippen LogP contribution in [0.25, 0.3) is 0 Å². The van der Waals surface area contributed by atoms with Crippen LogP contribution in [0.5, 0.6) is 0 Å². The zero-order valence-electron chi connectivity index (χ0n) is 12.5. The summed E-state index contributed by atoms with van der Waals surface area (Å²) in [5.74, 6) is -3.85. The van der Waals surface area contributed by atoms with Crippen LogP contribution in [0.3, 0.4) is 0 Å². The van der Waals surface area contributed by atoms with Gasteiger partial charge in [-0.25, -0.2) is 14.4 Å². The molecule has 0 fully saturated rings. The maximum absolute atomic E-state index is 12.2. The molecule has 0 aromatic heterocycles. The van der Waals surface area contributed by atoms with Crippen molar-refractivity contribution in [1.29, 1.82) is 0 Å². The van der Waals surface area contributed by atoms with Crippen LogP contribution in [0.2, 0.25) is 0 Å². The van der Waals surface area contributed by atoms with Gasteiger partial charge in [-0.15, -0.1) is 12.6 Å². The Balaban J connectivity index is 3.52. The third-order valence-electron chi connectivity index (χ3n) is 2.41. The molecule has 0 bridgehead atoms. The normalized spacial score (nSPS) is 12.4. The van der Waals surface area contributed by atoms with E-state index in [9.17, 15) is 14.4 Å². The number of benzene rings is 1. The Labute approximate surface area is 207 Å². The van der Waals surface area contributed by atoms with E-state index in [1.165, 1.54) is 0 Å². The minimum absolute atomic E-state index is 0.371. The largest absolute Gasteiger partial charge is 0.411 e. The molecule has 1 rings (SSSR count). The fourth-order valence-corrected chi connectivity index (χ4v) is 2.49. The number of esters is 3. The lowest BCUT2D eigenvalue weighted by Crippen LogP contribution is -2.22. The van der Waals surface area contributed by atoms with E-state index in [4.69, 9.17) is 104 Å². The molecule has 0 saturated heterocycles. The molecule has 0 spiro atoms. The van der Waals surface area contributed by atoms with Gasteiger partial charge in [0, 0.05) is 4.90 Å². The molecule has 0 aliphatic rings. The Kier molecular flexibility index (Phi) is 9.33. The Morgan fingerprint density at radius 3 is 1.21 bits per heavy atom. The lowest BCUT2D eigenvalue weighted by molar-refractivity contribution is 0.0482. The summed E-state index contributed by atoms with van der Waals surface area (Å²) < 4.78 is 6.17. The summed E-state index contributed by atoms with van der Waals surface area (Å²) in [7, 11) is 0. The molecule has 0 saturated carbocycles. The summed E-state index contributed by atoms with van der Waals surface area (Å²) in [6.07, 6.45) is 0. The van der Waals surface area contributed by atoms with Crippen molar-refractivity contribution in [2.24, 2.45) is 0 Å². The Bertz CT molecular complexity index is 747. The summed E-state index contributed by atoms with van der Waals surface area (Å²) in [5.41, 5.74) is -1.52. The highest BCUT2D eigenvalue weighted by molar-refractivity contribution is 7.80. The van der Waals surface area contributed by atoms with Crippen LogP contribution in [0.1, 0.15) is 31.1 Å². The van der Waals surface area contributed by atoms with Crippen molar-refractivity contribution < 1.29 is 28.6 Å². The highest BCUT2D eigenvalue weighted by atomic mass is 35.6. The summed E-state index contributed by atoms with van der Waals surface area (Å²) >= 11 is 52.4. The second-order valence-electron chi connectivity index (χ2n) is 4.43. The number of hydrogen-bond donors (Lipinski definition) is 1. The van der Waals surface area contributed by atoms with E-state index in [-0.39, 0.29) is 4.90 Å². The zero-order chi connectivity index (χ0) is 22.1. The van der Waals surface area contributed by atoms with Crippen LogP contribution in [-0.4, -0.2) is 29.8 Å². The van der Waals surface area contributed by atoms with Crippen LogP contribution >= 0.6 is 117 Å². The molecular weight excluding hydrogens is 591 g/mol. The van der Waals surface area contributed by atoms with Crippen molar-refractivity contribution >= 4 is 135 Å². The first-order chi connectivity index (χ1) is 12.4. The smallest absolute Gasteiger partial charge is 0.342 e. The number of halogens is 9. The standard InChI is InChI=1S/C12H3Cl9O6S/c13-10(14,15)25-7(22)3-1-4(8(23)26-11(16,17)18)6(28)5(2-3)9(24)27-12(19,20)21/h1-2,28H. The molecule has 0 unspecified atom stereocenters. The third-order valence-corrected chi connectivity index (χ3v) is 3.59. The molecule has 0 aliphatic heterocycles. The molecule has 6 nitrogen and oxygen atoms in total. The van der Waals surface area contributed by atoms with Crippen LogP contribution < -0.4 is 0 Å². The van der Waals surface area contributed by atoms with Gasteiger partial charge >= 0.3 is 29.8 Å². The minimum Gasteiger partial charge on any atom is -0.411 e. The van der Waals surface area contributed by atoms with Crippen LogP contribution in [0.15, 0.2) is 17.0 Å². The van der Waals surface area contributed by atoms with Gasteiger partial charge in [0.1, 0.15) is 0 Å². The molecule has 0 radical (unpaired) electrons. The van der Waals surface area contributed by atoms with Crippen molar-refractivity contribution in [3.8, 4) is 0 Å². The van der Waals surface area contributed by atoms with Crippen molar-refractivity contribution in [3.05, 3.63) is 28.8 Å². The molecule has 0 N–H and O–H groups in total. The first kappa shape index (κ1) is 26.6. The summed E-state index contributed by atoms with van der Waals surface area (Å²) in [4.78, 5) is 36.2. The monoisotopic (exact) mass is 590 g/mol. The predicted molar refractivity (Wildman–Crippen MR) is 111 cm³/mol. The van der Waals surface area contributed by atoms with Gasteiger partial charge in [0.2, 0.25) is 0 Å². The average Bonchev–Trinajstić information content (AvgIpc) is 2.41. The topological polar surface area (TPSA) is 78.9 Å². The number of carbonyl (C=O) groups is 3. The molecule has 0 heterocycles. The minimum atomic E-state index is -2.47. The Hall–Kier alpha value is 0.590. The molecule has 16 heteroatoms. The van der Waals surface area contributed by atoms with Crippen molar-refractivity contribution in [2.75, 3.05) is 0 Å². The molecule has 1 aromatic rings. The van der Waals surface area contributed by atoms with E-state index < -0.39 is 46.5 Å². The number of thiol groups is 1. The first-order valence-electron chi connectivity index (χ1n) is 6.17. The summed E-state index contributed by atoms with van der Waals surface area (Å²) in [6.45, 7) is 0. The van der Waals surface area contributed by atoms with Gasteiger partial charge in [0.15, 0.2) is 0 Å². The molecular formula is C12H3Cl9O6S. The molecule has 0 amide bonds. The van der Waals surface area contributed by atoms with E-state index in [1.54, 1.807) is 0 Å². The lowest BCUT2D eigenvalue weighted by Gasteiger charge is -2.18. The van der Waals surface area contributed by atoms with Crippen molar-refractivity contribution in [1.82, 2.24) is 0 Å². The van der Waals surface area contributed by atoms with Crippen molar-refractivity contribution in [3.63, 3.8) is 0 Å². The van der Waals surface area contributed by atoms with Crippen LogP contribution in [-0.2, 0) is 14.2 Å². The maximum Gasteiger partial charge on any atom is 0.342 e. The van der Waals surface area contributed by atoms with E-state index >= 15 is 0 Å². The van der Waals surface area contributed by atoms with E-state index in [1.807, 2.05) is 0 Å². The van der Waals surface area contributed by atoms with Gasteiger partial charge in [-0.05, 0) is 117 Å². The van der Waals surface area contributed by atoms with Gasteiger partial charge in [-0.1, -0.05) is 0 Å². The van der Waals surface area contributed by atoms with Gasteiger partial charge in [0.05, 0.1) is 16.7 Å². The molecule has 156 valence electrons. The Morgan fingerprint density at radius 1 is 0.643 bits per heavy atom. The van der Waals surface area contributed by atoms with Crippen LogP contribution in [0, 0.1) is 0 Å². The van der Waals surface area contributed by atoms with Gasteiger partial charge in [-0.2, -0.15) is 0 Å². The highest BCUT2D eigenvalue weighted by Crippen LogP contribution is 2.34. The molecule has 0 atom stereocenters. The zero-order valence-corrected chi connectivity index (χ0v) is 20.2. The van der Waals surface area contributed by atoms with Gasteiger partial charge < -0.3 is 14.2 Å². The summed E-state index contributed by atoms with van der Waals surface area (Å²) in [6, 6.07) is 1.73. The van der Waals surface area contributed by atoms with E-state index in [0.29, 0.717) is 0 Å². The molecule has 28 heavy (non-hydrogen) atoms. The quantitative estimate of drug-likeness (QED) is 0.188. The molecule has 0 aliphatic carbocycles. The number of hydrogen-bond acceptors (Lipinski definition) is 7. The highest BCUT2D eigenvalue weighted by Gasteiger charge is 2.33. The fourth-order valence-electron chi connectivity index (χ4n) is 1.55. The number of rotatable bonds is 3. The SMILES string of the molecule is O=C(OC(Cl)(Cl)Cl)c1cc(C(=O)OC(Cl)(Cl)Cl)c(S)c(C(=O)OC(Cl)(Cl)Cl)c1.